The van der Waals surface area contributed by atoms with Gasteiger partial charge in [-0.3, -0.25) is 4.79 Å². The van der Waals surface area contributed by atoms with E-state index in [0.717, 1.165) is 10.5 Å². The Labute approximate surface area is 124 Å². The van der Waals surface area contributed by atoms with Crippen LogP contribution in [0.4, 0.5) is 0 Å². The van der Waals surface area contributed by atoms with Crippen LogP contribution in [0.15, 0.2) is 29.2 Å². The van der Waals surface area contributed by atoms with E-state index in [9.17, 15) is 14.7 Å². The van der Waals surface area contributed by atoms with E-state index in [1.54, 1.807) is 20.8 Å². The van der Waals surface area contributed by atoms with Crippen LogP contribution in [0.25, 0.3) is 0 Å². The van der Waals surface area contributed by atoms with Crippen LogP contribution < -0.4 is 0 Å². The molecule has 0 spiro atoms. The number of nitrogens with zero attached hydrogens (tertiary/aromatic N) is 1. The van der Waals surface area contributed by atoms with Gasteiger partial charge in [0.1, 0.15) is 5.54 Å². The first-order valence-corrected chi connectivity index (χ1v) is 7.51. The van der Waals surface area contributed by atoms with Crippen molar-refractivity contribution < 1.29 is 14.7 Å². The smallest absolute Gasteiger partial charge is 0.329 e. The van der Waals surface area contributed by atoms with Crippen molar-refractivity contribution in [3.8, 4) is 0 Å². The number of hydrogen-bond acceptors (Lipinski definition) is 3. The second kappa shape index (κ2) is 6.79. The molecular weight excluding hydrogens is 274 g/mol. The van der Waals surface area contributed by atoms with Crippen LogP contribution in [0, 0.1) is 6.92 Å². The molecule has 0 saturated heterocycles. The van der Waals surface area contributed by atoms with E-state index in [2.05, 4.69) is 0 Å². The normalized spacial score (nSPS) is 11.2. The van der Waals surface area contributed by atoms with Crippen molar-refractivity contribution >= 4 is 23.6 Å². The lowest BCUT2D eigenvalue weighted by atomic mass is 10.0. The fourth-order valence-electron chi connectivity index (χ4n) is 1.93. The number of rotatable bonds is 6. The first-order chi connectivity index (χ1) is 9.30. The molecule has 0 aliphatic carbocycles. The fraction of sp³-hybridized carbons (Fsp3) is 0.467. The van der Waals surface area contributed by atoms with Gasteiger partial charge in [-0.15, -0.1) is 11.8 Å². The number of carboxylic acids is 1. The highest BCUT2D eigenvalue weighted by atomic mass is 32.2. The topological polar surface area (TPSA) is 57.6 Å². The van der Waals surface area contributed by atoms with Crippen molar-refractivity contribution in [1.29, 1.82) is 0 Å². The van der Waals surface area contributed by atoms with Crippen LogP contribution in [0.3, 0.4) is 0 Å². The SMILES string of the molecule is CCN(C(=O)CSc1ccccc1C)C(C)(C)C(=O)O. The Balaban J connectivity index is 2.75. The number of thioether (sulfide) groups is 1. The summed E-state index contributed by atoms with van der Waals surface area (Å²) in [4.78, 5) is 26.0. The van der Waals surface area contributed by atoms with Crippen LogP contribution in [0.1, 0.15) is 26.3 Å². The summed E-state index contributed by atoms with van der Waals surface area (Å²) in [5.41, 5.74) is -0.0659. The largest absolute Gasteiger partial charge is 0.480 e. The van der Waals surface area contributed by atoms with Gasteiger partial charge in [0, 0.05) is 11.4 Å². The molecule has 0 aromatic heterocycles. The minimum atomic E-state index is -1.18. The molecule has 1 N–H and O–H groups in total. The predicted octanol–water partition coefficient (Wildman–Crippen LogP) is 2.80. The molecule has 0 saturated carbocycles. The van der Waals surface area contributed by atoms with Gasteiger partial charge < -0.3 is 10.0 Å². The molecule has 0 unspecified atom stereocenters. The predicted molar refractivity (Wildman–Crippen MR) is 81.0 cm³/mol. The zero-order chi connectivity index (χ0) is 15.3. The molecule has 0 aliphatic rings. The van der Waals surface area contributed by atoms with E-state index >= 15 is 0 Å². The highest BCUT2D eigenvalue weighted by Crippen LogP contribution is 2.23. The quantitative estimate of drug-likeness (QED) is 0.820. The molecular formula is C15H21NO3S. The molecule has 0 atom stereocenters. The van der Waals surface area contributed by atoms with Crippen molar-refractivity contribution in [3.63, 3.8) is 0 Å². The Hall–Kier alpha value is -1.49. The average Bonchev–Trinajstić information content (AvgIpc) is 2.38. The molecule has 5 heteroatoms. The Morgan fingerprint density at radius 3 is 2.40 bits per heavy atom. The molecule has 1 aromatic rings. The molecule has 110 valence electrons. The lowest BCUT2D eigenvalue weighted by Crippen LogP contribution is -2.53. The highest BCUT2D eigenvalue weighted by Gasteiger charge is 2.36. The Kier molecular flexibility index (Phi) is 5.62. The third-order valence-corrected chi connectivity index (χ3v) is 4.42. The first kappa shape index (κ1) is 16.6. The van der Waals surface area contributed by atoms with Gasteiger partial charge in [-0.1, -0.05) is 18.2 Å². The minimum absolute atomic E-state index is 0.159. The molecule has 4 nitrogen and oxygen atoms in total. The van der Waals surface area contributed by atoms with Crippen LogP contribution in [-0.4, -0.2) is 39.7 Å². The van der Waals surface area contributed by atoms with Crippen molar-refractivity contribution in [2.75, 3.05) is 12.3 Å². The third kappa shape index (κ3) is 3.76. The number of benzene rings is 1. The lowest BCUT2D eigenvalue weighted by molar-refractivity contribution is -0.155. The van der Waals surface area contributed by atoms with Crippen molar-refractivity contribution in [1.82, 2.24) is 4.90 Å². The van der Waals surface area contributed by atoms with Crippen LogP contribution in [-0.2, 0) is 9.59 Å². The molecule has 0 aliphatic heterocycles. The summed E-state index contributed by atoms with van der Waals surface area (Å²) in [5, 5.41) is 9.22. The second-order valence-electron chi connectivity index (χ2n) is 5.06. The summed E-state index contributed by atoms with van der Waals surface area (Å²) >= 11 is 1.44. The summed E-state index contributed by atoms with van der Waals surface area (Å²) < 4.78 is 0. The van der Waals surface area contributed by atoms with Crippen molar-refractivity contribution in [2.45, 2.75) is 38.1 Å². The molecule has 1 rings (SSSR count). The molecule has 0 bridgehead atoms. The summed E-state index contributed by atoms with van der Waals surface area (Å²) in [6, 6.07) is 7.84. The van der Waals surface area contributed by atoms with Gasteiger partial charge in [0.2, 0.25) is 5.91 Å². The number of carbonyl (C=O) groups is 2. The van der Waals surface area contributed by atoms with E-state index < -0.39 is 11.5 Å². The van der Waals surface area contributed by atoms with E-state index in [0.29, 0.717) is 6.54 Å². The molecule has 0 fully saturated rings. The minimum Gasteiger partial charge on any atom is -0.480 e. The average molecular weight is 295 g/mol. The van der Waals surface area contributed by atoms with Crippen molar-refractivity contribution in [2.24, 2.45) is 0 Å². The third-order valence-electron chi connectivity index (χ3n) is 3.26. The number of carboxylic acid groups (broad SMARTS) is 1. The van der Waals surface area contributed by atoms with Gasteiger partial charge in [0.25, 0.3) is 0 Å². The maximum absolute atomic E-state index is 12.3. The summed E-state index contributed by atoms with van der Waals surface area (Å²) in [6.07, 6.45) is 0. The number of amides is 1. The zero-order valence-electron chi connectivity index (χ0n) is 12.3. The Morgan fingerprint density at radius 2 is 1.90 bits per heavy atom. The van der Waals surface area contributed by atoms with Crippen LogP contribution >= 0.6 is 11.8 Å². The number of aliphatic carboxylic acids is 1. The zero-order valence-corrected chi connectivity index (χ0v) is 13.2. The van der Waals surface area contributed by atoms with Crippen molar-refractivity contribution in [3.05, 3.63) is 29.8 Å². The van der Waals surface area contributed by atoms with Crippen LogP contribution in [0.2, 0.25) is 0 Å². The van der Waals surface area contributed by atoms with Gasteiger partial charge in [0.15, 0.2) is 0 Å². The molecule has 0 radical (unpaired) electrons. The molecule has 1 aromatic carbocycles. The molecule has 0 heterocycles. The lowest BCUT2D eigenvalue weighted by Gasteiger charge is -2.34. The summed E-state index contributed by atoms with van der Waals surface area (Å²) in [5.74, 6) is -0.906. The van der Waals surface area contributed by atoms with Gasteiger partial charge in [-0.25, -0.2) is 4.79 Å². The van der Waals surface area contributed by atoms with Gasteiger partial charge >= 0.3 is 5.97 Å². The Bertz CT molecular complexity index is 500. The molecule has 1 amide bonds. The van der Waals surface area contributed by atoms with Gasteiger partial charge in [-0.2, -0.15) is 0 Å². The van der Waals surface area contributed by atoms with E-state index in [4.69, 9.17) is 0 Å². The summed E-state index contributed by atoms with van der Waals surface area (Å²) in [7, 11) is 0. The van der Waals surface area contributed by atoms with Gasteiger partial charge in [0.05, 0.1) is 5.75 Å². The Morgan fingerprint density at radius 1 is 1.30 bits per heavy atom. The fourth-order valence-corrected chi connectivity index (χ4v) is 2.84. The number of likely N-dealkylation sites (N-methyl/N-ethyl adjacent to an activating group) is 1. The second-order valence-corrected chi connectivity index (χ2v) is 6.07. The van der Waals surface area contributed by atoms with E-state index in [1.165, 1.54) is 16.7 Å². The first-order valence-electron chi connectivity index (χ1n) is 6.53. The molecule has 20 heavy (non-hydrogen) atoms. The summed E-state index contributed by atoms with van der Waals surface area (Å²) in [6.45, 7) is 7.27. The standard InChI is InChI=1S/C15H21NO3S/c1-5-16(15(3,4)14(18)19)13(17)10-20-12-9-7-6-8-11(12)2/h6-9H,5,10H2,1-4H3,(H,18,19). The van der Waals surface area contributed by atoms with Gasteiger partial charge in [-0.05, 0) is 39.3 Å². The van der Waals surface area contributed by atoms with E-state index in [1.807, 2.05) is 31.2 Å². The van der Waals surface area contributed by atoms with Crippen LogP contribution in [0.5, 0.6) is 0 Å². The number of carbonyl (C=O) groups excluding carboxylic acids is 1. The number of aryl methyl sites for hydroxylation is 1. The maximum Gasteiger partial charge on any atom is 0.329 e. The monoisotopic (exact) mass is 295 g/mol. The van der Waals surface area contributed by atoms with E-state index in [-0.39, 0.29) is 11.7 Å². The highest BCUT2D eigenvalue weighted by molar-refractivity contribution is 8.00. The number of hydrogen-bond donors (Lipinski definition) is 1. The maximum atomic E-state index is 12.3.